The molecule has 0 aliphatic rings. The second kappa shape index (κ2) is 3.62. The highest BCUT2D eigenvalue weighted by Crippen LogP contribution is 2.19. The molecule has 0 saturated heterocycles. The summed E-state index contributed by atoms with van der Waals surface area (Å²) in [6.07, 6.45) is 0.0621. The van der Waals surface area contributed by atoms with Gasteiger partial charge in [0, 0.05) is 13.0 Å². The van der Waals surface area contributed by atoms with Crippen molar-refractivity contribution in [1.82, 2.24) is 0 Å². The second-order valence-electron chi connectivity index (χ2n) is 3.08. The predicted octanol–water partition coefficient (Wildman–Crippen LogP) is 0.553. The lowest BCUT2D eigenvalue weighted by atomic mass is 9.83. The van der Waals surface area contributed by atoms with E-state index in [0.29, 0.717) is 0 Å². The largest absolute Gasteiger partial charge is 0.396 e. The number of hydrogen-bond donors (Lipinski definition) is 1. The molecule has 0 unspecified atom stereocenters. The van der Waals surface area contributed by atoms with Crippen LogP contribution < -0.4 is 0 Å². The van der Waals surface area contributed by atoms with E-state index in [1.807, 2.05) is 0 Å². The Morgan fingerprint density at radius 3 is 2.09 bits per heavy atom. The number of Topliss-reactive ketones (excluding diaryl/α,β-unsaturated/α-hetero) is 2. The highest BCUT2D eigenvalue weighted by atomic mass is 16.3. The smallest absolute Gasteiger partial charge is 0.148 e. The van der Waals surface area contributed by atoms with Crippen molar-refractivity contribution in [3.63, 3.8) is 0 Å². The van der Waals surface area contributed by atoms with Gasteiger partial charge in [0.2, 0.25) is 0 Å². The highest BCUT2D eigenvalue weighted by molar-refractivity contribution is 6.05. The van der Waals surface area contributed by atoms with Crippen LogP contribution in [0.2, 0.25) is 0 Å². The van der Waals surface area contributed by atoms with Crippen LogP contribution in [0.5, 0.6) is 0 Å². The molecule has 0 bridgehead atoms. The predicted molar refractivity (Wildman–Crippen MR) is 41.2 cm³/mol. The molecule has 0 atom stereocenters. The van der Waals surface area contributed by atoms with Crippen molar-refractivity contribution in [2.24, 2.45) is 5.41 Å². The number of aliphatic hydroxyl groups excluding tert-OH is 1. The van der Waals surface area contributed by atoms with Gasteiger partial charge in [-0.25, -0.2) is 0 Å². The maximum Gasteiger partial charge on any atom is 0.148 e. The van der Waals surface area contributed by atoms with E-state index in [2.05, 4.69) is 0 Å². The third kappa shape index (κ3) is 2.42. The average molecular weight is 158 g/mol. The SMILES string of the molecule is CC(=O)C(C)(C)C(=O)CCO. The molecule has 0 aromatic carbocycles. The number of hydrogen-bond acceptors (Lipinski definition) is 3. The third-order valence-corrected chi connectivity index (χ3v) is 1.92. The molecule has 3 nitrogen and oxygen atoms in total. The van der Waals surface area contributed by atoms with E-state index in [4.69, 9.17) is 5.11 Å². The van der Waals surface area contributed by atoms with E-state index in [1.165, 1.54) is 6.92 Å². The molecule has 0 saturated carbocycles. The zero-order valence-corrected chi connectivity index (χ0v) is 7.18. The van der Waals surface area contributed by atoms with E-state index in [9.17, 15) is 9.59 Å². The van der Waals surface area contributed by atoms with Gasteiger partial charge >= 0.3 is 0 Å². The first-order chi connectivity index (χ1) is 4.92. The van der Waals surface area contributed by atoms with Crippen LogP contribution in [0.25, 0.3) is 0 Å². The van der Waals surface area contributed by atoms with Gasteiger partial charge in [-0.2, -0.15) is 0 Å². The van der Waals surface area contributed by atoms with Gasteiger partial charge in [0.05, 0.1) is 5.41 Å². The van der Waals surface area contributed by atoms with Crippen molar-refractivity contribution < 1.29 is 14.7 Å². The molecule has 11 heavy (non-hydrogen) atoms. The topological polar surface area (TPSA) is 54.4 Å². The molecule has 0 aliphatic heterocycles. The van der Waals surface area contributed by atoms with Crippen LogP contribution in [-0.4, -0.2) is 23.3 Å². The Morgan fingerprint density at radius 2 is 1.82 bits per heavy atom. The Kier molecular flexibility index (Phi) is 3.39. The van der Waals surface area contributed by atoms with Gasteiger partial charge in [-0.05, 0) is 20.8 Å². The standard InChI is InChI=1S/C8H14O3/c1-6(10)8(2,3)7(11)4-5-9/h9H,4-5H2,1-3H3. The molecule has 0 amide bonds. The highest BCUT2D eigenvalue weighted by Gasteiger charge is 2.31. The average Bonchev–Trinajstić information content (AvgIpc) is 1.88. The maximum absolute atomic E-state index is 11.1. The molecular weight excluding hydrogens is 144 g/mol. The minimum atomic E-state index is -0.928. The monoisotopic (exact) mass is 158 g/mol. The second-order valence-corrected chi connectivity index (χ2v) is 3.08. The minimum Gasteiger partial charge on any atom is -0.396 e. The lowest BCUT2D eigenvalue weighted by Gasteiger charge is -2.18. The van der Waals surface area contributed by atoms with Gasteiger partial charge in [0.15, 0.2) is 0 Å². The molecule has 0 heterocycles. The molecule has 1 N–H and O–H groups in total. The van der Waals surface area contributed by atoms with Crippen molar-refractivity contribution in [1.29, 1.82) is 0 Å². The van der Waals surface area contributed by atoms with Crippen molar-refractivity contribution in [3.8, 4) is 0 Å². The van der Waals surface area contributed by atoms with Crippen LogP contribution in [0, 0.1) is 5.41 Å². The van der Waals surface area contributed by atoms with Crippen LogP contribution in [0.15, 0.2) is 0 Å². The lowest BCUT2D eigenvalue weighted by molar-refractivity contribution is -0.137. The molecular formula is C8H14O3. The summed E-state index contributed by atoms with van der Waals surface area (Å²) >= 11 is 0. The fourth-order valence-corrected chi connectivity index (χ4v) is 0.610. The molecule has 0 aromatic rings. The van der Waals surface area contributed by atoms with Gasteiger partial charge in [0.25, 0.3) is 0 Å². The Morgan fingerprint density at radius 1 is 1.36 bits per heavy atom. The van der Waals surface area contributed by atoms with Crippen LogP contribution in [-0.2, 0) is 9.59 Å². The first-order valence-corrected chi connectivity index (χ1v) is 3.58. The Balaban J connectivity index is 4.30. The Hall–Kier alpha value is -0.700. The molecule has 0 aromatic heterocycles. The summed E-state index contributed by atoms with van der Waals surface area (Å²) in [5.41, 5.74) is -0.928. The van der Waals surface area contributed by atoms with Crippen LogP contribution in [0.3, 0.4) is 0 Å². The van der Waals surface area contributed by atoms with Crippen LogP contribution in [0.4, 0.5) is 0 Å². The molecule has 3 heteroatoms. The van der Waals surface area contributed by atoms with Crippen molar-refractivity contribution in [3.05, 3.63) is 0 Å². The fraction of sp³-hybridized carbons (Fsp3) is 0.750. The van der Waals surface area contributed by atoms with Crippen molar-refractivity contribution in [2.75, 3.05) is 6.61 Å². The third-order valence-electron chi connectivity index (χ3n) is 1.92. The van der Waals surface area contributed by atoms with Crippen LogP contribution in [0.1, 0.15) is 27.2 Å². The minimum absolute atomic E-state index is 0.0621. The van der Waals surface area contributed by atoms with E-state index in [1.54, 1.807) is 13.8 Å². The Bertz CT molecular complexity index is 170. The quantitative estimate of drug-likeness (QED) is 0.608. The number of carbonyl (C=O) groups excluding carboxylic acids is 2. The Labute approximate surface area is 66.4 Å². The van der Waals surface area contributed by atoms with Gasteiger partial charge in [-0.1, -0.05) is 0 Å². The van der Waals surface area contributed by atoms with Crippen LogP contribution >= 0.6 is 0 Å². The van der Waals surface area contributed by atoms with E-state index < -0.39 is 5.41 Å². The van der Waals surface area contributed by atoms with E-state index >= 15 is 0 Å². The van der Waals surface area contributed by atoms with Gasteiger partial charge in [0.1, 0.15) is 11.6 Å². The summed E-state index contributed by atoms with van der Waals surface area (Å²) in [6, 6.07) is 0. The van der Waals surface area contributed by atoms with Gasteiger partial charge < -0.3 is 5.11 Å². The molecule has 0 spiro atoms. The lowest BCUT2D eigenvalue weighted by Crippen LogP contribution is -2.32. The van der Waals surface area contributed by atoms with Crippen molar-refractivity contribution >= 4 is 11.6 Å². The van der Waals surface area contributed by atoms with Gasteiger partial charge in [-0.15, -0.1) is 0 Å². The fourth-order valence-electron chi connectivity index (χ4n) is 0.610. The number of aliphatic hydroxyl groups is 1. The molecule has 0 aliphatic carbocycles. The first-order valence-electron chi connectivity index (χ1n) is 3.58. The summed E-state index contributed by atoms with van der Waals surface area (Å²) < 4.78 is 0. The maximum atomic E-state index is 11.1. The van der Waals surface area contributed by atoms with E-state index in [0.717, 1.165) is 0 Å². The molecule has 0 rings (SSSR count). The zero-order valence-electron chi connectivity index (χ0n) is 7.18. The summed E-state index contributed by atoms with van der Waals surface area (Å²) in [6.45, 7) is 4.35. The molecule has 64 valence electrons. The number of rotatable bonds is 4. The molecule has 0 fully saturated rings. The zero-order chi connectivity index (χ0) is 9.07. The summed E-state index contributed by atoms with van der Waals surface area (Å²) in [5, 5.41) is 8.45. The van der Waals surface area contributed by atoms with E-state index in [-0.39, 0.29) is 24.6 Å². The summed E-state index contributed by atoms with van der Waals surface area (Å²) in [5.74, 6) is -0.358. The molecule has 0 radical (unpaired) electrons. The summed E-state index contributed by atoms with van der Waals surface area (Å²) in [7, 11) is 0. The number of carbonyl (C=O) groups is 2. The van der Waals surface area contributed by atoms with Crippen molar-refractivity contribution in [2.45, 2.75) is 27.2 Å². The first kappa shape index (κ1) is 10.3. The van der Waals surface area contributed by atoms with Gasteiger partial charge in [-0.3, -0.25) is 9.59 Å². The normalized spacial score (nSPS) is 11.3. The summed E-state index contributed by atoms with van der Waals surface area (Å²) in [4.78, 5) is 22.0. The number of ketones is 2.